The molecule has 0 fully saturated rings. The average Bonchev–Trinajstić information content (AvgIpc) is 2.21. The molecule has 0 bridgehead atoms. The lowest BCUT2D eigenvalue weighted by atomic mass is 10.1. The van der Waals surface area contributed by atoms with Gasteiger partial charge in [0.25, 0.3) is 0 Å². The summed E-state index contributed by atoms with van der Waals surface area (Å²) in [6, 6.07) is 0. The van der Waals surface area contributed by atoms with Crippen LogP contribution in [0.5, 0.6) is 0 Å². The molecule has 0 saturated heterocycles. The number of unbranched alkanes of at least 4 members (excludes halogenated alkanes) is 4. The third-order valence-electron chi connectivity index (χ3n) is 1.91. The van der Waals surface area contributed by atoms with Gasteiger partial charge in [0.2, 0.25) is 0 Å². The highest BCUT2D eigenvalue weighted by Gasteiger charge is 1.86. The summed E-state index contributed by atoms with van der Waals surface area (Å²) in [6.07, 6.45) is 13.3. The van der Waals surface area contributed by atoms with Gasteiger partial charge in [-0.15, -0.1) is 0 Å². The van der Waals surface area contributed by atoms with E-state index in [9.17, 15) is 4.79 Å². The minimum absolute atomic E-state index is 0.305. The van der Waals surface area contributed by atoms with Gasteiger partial charge in [-0.05, 0) is 12.8 Å². The largest absolute Gasteiger partial charge is 0.466 e. The van der Waals surface area contributed by atoms with Gasteiger partial charge in [0.15, 0.2) is 0 Å². The summed E-state index contributed by atoms with van der Waals surface area (Å²) in [5.74, 6) is -0.305. The molecule has 14 heavy (non-hydrogen) atoms. The molecule has 0 aromatic heterocycles. The van der Waals surface area contributed by atoms with Crippen molar-refractivity contribution < 1.29 is 9.53 Å². The van der Waals surface area contributed by atoms with Crippen molar-refractivity contribution in [2.45, 2.75) is 39.0 Å². The van der Waals surface area contributed by atoms with Crippen molar-refractivity contribution in [3.05, 3.63) is 24.3 Å². The molecule has 80 valence electrons. The summed E-state index contributed by atoms with van der Waals surface area (Å²) < 4.78 is 4.45. The summed E-state index contributed by atoms with van der Waals surface area (Å²) in [5.41, 5.74) is 0. The van der Waals surface area contributed by atoms with Crippen LogP contribution in [0.15, 0.2) is 24.3 Å². The van der Waals surface area contributed by atoms with Crippen LogP contribution >= 0.6 is 0 Å². The monoisotopic (exact) mass is 196 g/mol. The molecule has 2 nitrogen and oxygen atoms in total. The summed E-state index contributed by atoms with van der Waals surface area (Å²) >= 11 is 0. The lowest BCUT2D eigenvalue weighted by Gasteiger charge is -1.92. The third kappa shape index (κ3) is 9.04. The highest BCUT2D eigenvalue weighted by Crippen LogP contribution is 2.02. The maximum absolute atomic E-state index is 10.6. The number of ether oxygens (including phenoxy) is 1. The molecule has 0 aromatic carbocycles. The number of hydrogen-bond acceptors (Lipinski definition) is 2. The normalized spacial score (nSPS) is 11.3. The fourth-order valence-electron chi connectivity index (χ4n) is 1.07. The van der Waals surface area contributed by atoms with E-state index in [2.05, 4.69) is 17.7 Å². The van der Waals surface area contributed by atoms with Gasteiger partial charge in [0.1, 0.15) is 0 Å². The minimum Gasteiger partial charge on any atom is -0.466 e. The molecule has 0 heterocycles. The van der Waals surface area contributed by atoms with E-state index in [0.29, 0.717) is 0 Å². The molecule has 2 heteroatoms. The van der Waals surface area contributed by atoms with Crippen LogP contribution in [-0.2, 0) is 9.53 Å². The predicted molar refractivity (Wildman–Crippen MR) is 59.1 cm³/mol. The van der Waals surface area contributed by atoms with Gasteiger partial charge in [0, 0.05) is 6.08 Å². The van der Waals surface area contributed by atoms with Crippen LogP contribution in [0.4, 0.5) is 0 Å². The van der Waals surface area contributed by atoms with Crippen molar-refractivity contribution in [1.82, 2.24) is 0 Å². The van der Waals surface area contributed by atoms with E-state index in [1.54, 1.807) is 6.08 Å². The SMILES string of the molecule is CCCCCC/C=C/C=C\C(=O)OC. The first-order valence-corrected chi connectivity index (χ1v) is 5.22. The first kappa shape index (κ1) is 12.9. The Morgan fingerprint density at radius 1 is 1.21 bits per heavy atom. The number of carbonyl (C=O) groups is 1. The number of hydrogen-bond donors (Lipinski definition) is 0. The molecule has 0 aromatic rings. The fourth-order valence-corrected chi connectivity index (χ4v) is 1.07. The molecular weight excluding hydrogens is 176 g/mol. The van der Waals surface area contributed by atoms with Gasteiger partial charge in [-0.3, -0.25) is 0 Å². The number of esters is 1. The number of methoxy groups -OCH3 is 1. The smallest absolute Gasteiger partial charge is 0.330 e. The van der Waals surface area contributed by atoms with Crippen molar-refractivity contribution in [2.24, 2.45) is 0 Å². The van der Waals surface area contributed by atoms with E-state index in [1.165, 1.54) is 38.9 Å². The topological polar surface area (TPSA) is 26.3 Å². The van der Waals surface area contributed by atoms with Crippen LogP contribution in [0.2, 0.25) is 0 Å². The molecular formula is C12H20O2. The van der Waals surface area contributed by atoms with E-state index in [1.807, 2.05) is 6.08 Å². The van der Waals surface area contributed by atoms with E-state index >= 15 is 0 Å². The number of rotatable bonds is 7. The quantitative estimate of drug-likeness (QED) is 0.270. The second-order valence-corrected chi connectivity index (χ2v) is 3.16. The Bertz CT molecular complexity index is 192. The Balaban J connectivity index is 3.35. The molecule has 0 saturated carbocycles. The second-order valence-electron chi connectivity index (χ2n) is 3.16. The Kier molecular flexibility index (Phi) is 9.28. The van der Waals surface area contributed by atoms with Gasteiger partial charge >= 0.3 is 5.97 Å². The summed E-state index contributed by atoms with van der Waals surface area (Å²) in [6.45, 7) is 2.20. The molecule has 0 N–H and O–H groups in total. The Morgan fingerprint density at radius 3 is 2.64 bits per heavy atom. The summed E-state index contributed by atoms with van der Waals surface area (Å²) in [7, 11) is 1.38. The van der Waals surface area contributed by atoms with Gasteiger partial charge in [0.05, 0.1) is 7.11 Å². The van der Waals surface area contributed by atoms with Gasteiger partial charge in [-0.1, -0.05) is 44.4 Å². The Hall–Kier alpha value is -1.05. The lowest BCUT2D eigenvalue weighted by molar-refractivity contribution is -0.134. The molecule has 0 spiro atoms. The fraction of sp³-hybridized carbons (Fsp3) is 0.583. The van der Waals surface area contributed by atoms with E-state index < -0.39 is 0 Å². The molecule has 0 radical (unpaired) electrons. The molecule has 0 rings (SSSR count). The molecule has 0 aliphatic rings. The maximum Gasteiger partial charge on any atom is 0.330 e. The Labute approximate surface area is 86.6 Å². The molecule has 0 aliphatic heterocycles. The van der Waals surface area contributed by atoms with Gasteiger partial charge in [-0.2, -0.15) is 0 Å². The second kappa shape index (κ2) is 10.0. The first-order valence-electron chi connectivity index (χ1n) is 5.22. The maximum atomic E-state index is 10.6. The summed E-state index contributed by atoms with van der Waals surface area (Å²) in [4.78, 5) is 10.6. The van der Waals surface area contributed by atoms with Gasteiger partial charge in [-0.25, -0.2) is 4.79 Å². The van der Waals surface area contributed by atoms with E-state index in [0.717, 1.165) is 6.42 Å². The van der Waals surface area contributed by atoms with Crippen molar-refractivity contribution in [2.75, 3.05) is 7.11 Å². The van der Waals surface area contributed by atoms with Crippen LogP contribution in [0, 0.1) is 0 Å². The van der Waals surface area contributed by atoms with Crippen LogP contribution in [0.3, 0.4) is 0 Å². The molecule has 0 amide bonds. The van der Waals surface area contributed by atoms with Crippen LogP contribution < -0.4 is 0 Å². The van der Waals surface area contributed by atoms with Crippen molar-refractivity contribution in [3.8, 4) is 0 Å². The standard InChI is InChI=1S/C12H20O2/c1-3-4-5-6-7-8-9-10-11-12(13)14-2/h8-11H,3-7H2,1-2H3/b9-8+,11-10-. The highest BCUT2D eigenvalue weighted by atomic mass is 16.5. The zero-order valence-electron chi connectivity index (χ0n) is 9.16. The zero-order chi connectivity index (χ0) is 10.6. The number of carbonyl (C=O) groups excluding carboxylic acids is 1. The van der Waals surface area contributed by atoms with Crippen LogP contribution in [0.25, 0.3) is 0 Å². The Morgan fingerprint density at radius 2 is 2.00 bits per heavy atom. The van der Waals surface area contributed by atoms with Crippen molar-refractivity contribution >= 4 is 5.97 Å². The zero-order valence-corrected chi connectivity index (χ0v) is 9.16. The third-order valence-corrected chi connectivity index (χ3v) is 1.91. The van der Waals surface area contributed by atoms with E-state index in [-0.39, 0.29) is 5.97 Å². The van der Waals surface area contributed by atoms with Crippen molar-refractivity contribution in [3.63, 3.8) is 0 Å². The van der Waals surface area contributed by atoms with Crippen LogP contribution in [-0.4, -0.2) is 13.1 Å². The molecule has 0 unspecified atom stereocenters. The van der Waals surface area contributed by atoms with Gasteiger partial charge < -0.3 is 4.74 Å². The minimum atomic E-state index is -0.305. The number of allylic oxidation sites excluding steroid dienone is 3. The predicted octanol–water partition coefficient (Wildman–Crippen LogP) is 3.24. The molecule has 0 aliphatic carbocycles. The average molecular weight is 196 g/mol. The lowest BCUT2D eigenvalue weighted by Crippen LogP contribution is -1.92. The highest BCUT2D eigenvalue weighted by molar-refractivity contribution is 5.82. The van der Waals surface area contributed by atoms with Crippen molar-refractivity contribution in [1.29, 1.82) is 0 Å². The molecule has 0 atom stereocenters. The van der Waals surface area contributed by atoms with Crippen LogP contribution in [0.1, 0.15) is 39.0 Å². The first-order chi connectivity index (χ1) is 6.81. The summed E-state index contributed by atoms with van der Waals surface area (Å²) in [5, 5.41) is 0. The van der Waals surface area contributed by atoms with E-state index in [4.69, 9.17) is 0 Å².